The van der Waals surface area contributed by atoms with Gasteiger partial charge in [0.1, 0.15) is 0 Å². The molecule has 0 spiro atoms. The molecular weight excluding hydrogens is 374 g/mol. The summed E-state index contributed by atoms with van der Waals surface area (Å²) in [7, 11) is 0. The van der Waals surface area contributed by atoms with Crippen LogP contribution in [0.5, 0.6) is 0 Å². The predicted octanol–water partition coefficient (Wildman–Crippen LogP) is 4.67. The van der Waals surface area contributed by atoms with E-state index in [9.17, 15) is 18.0 Å². The summed E-state index contributed by atoms with van der Waals surface area (Å²) in [6.07, 6.45) is -3.01. The van der Waals surface area contributed by atoms with Crippen LogP contribution in [0.2, 0.25) is 5.02 Å². The number of carboxylic acid groups (broad SMARTS) is 1. The van der Waals surface area contributed by atoms with Crippen LogP contribution >= 0.6 is 27.5 Å². The van der Waals surface area contributed by atoms with Gasteiger partial charge >= 0.3 is 12.1 Å². The Morgan fingerprint density at radius 1 is 1.33 bits per heavy atom. The smallest absolute Gasteiger partial charge is 0.418 e. The van der Waals surface area contributed by atoms with Crippen LogP contribution in [0.15, 0.2) is 35.1 Å². The Bertz CT molecular complexity index is 697. The number of nitrogens with zero attached hydrogens (tertiary/aromatic N) is 1. The van der Waals surface area contributed by atoms with Crippen LogP contribution in [-0.4, -0.2) is 15.6 Å². The van der Waals surface area contributed by atoms with Crippen molar-refractivity contribution in [1.82, 2.24) is 4.57 Å². The number of hydrogen-bond donors (Lipinski definition) is 1. The van der Waals surface area contributed by atoms with Gasteiger partial charge in [0.2, 0.25) is 0 Å². The van der Waals surface area contributed by atoms with E-state index in [2.05, 4.69) is 15.9 Å². The summed E-state index contributed by atoms with van der Waals surface area (Å²) in [5.74, 6) is -1.62. The molecule has 2 rings (SSSR count). The van der Waals surface area contributed by atoms with Gasteiger partial charge in [-0.15, -0.1) is 0 Å². The lowest BCUT2D eigenvalue weighted by Gasteiger charge is -2.06. The molecule has 0 saturated heterocycles. The number of hydrogen-bond acceptors (Lipinski definition) is 1. The standard InChI is InChI=1S/C13H8BrClF3NO2/c14-8-2-1-7(11(15)3-8)4-19-5-9(12(20)21)10(6-19)13(16,17)18/h1-3,5-6H,4H2,(H,20,21). The number of halogens is 5. The lowest BCUT2D eigenvalue weighted by atomic mass is 10.2. The topological polar surface area (TPSA) is 42.2 Å². The third kappa shape index (κ3) is 3.59. The third-order valence-corrected chi connectivity index (χ3v) is 3.63. The van der Waals surface area contributed by atoms with E-state index >= 15 is 0 Å². The summed E-state index contributed by atoms with van der Waals surface area (Å²) >= 11 is 9.22. The molecule has 1 N–H and O–H groups in total. The van der Waals surface area contributed by atoms with Gasteiger partial charge in [-0.05, 0) is 17.7 Å². The summed E-state index contributed by atoms with van der Waals surface area (Å²) in [6, 6.07) is 4.97. The van der Waals surface area contributed by atoms with Crippen molar-refractivity contribution in [3.63, 3.8) is 0 Å². The molecule has 0 aliphatic rings. The van der Waals surface area contributed by atoms with Crippen molar-refractivity contribution >= 4 is 33.5 Å². The van der Waals surface area contributed by atoms with E-state index in [0.717, 1.165) is 21.4 Å². The molecule has 0 aliphatic heterocycles. The van der Waals surface area contributed by atoms with Gasteiger partial charge in [0.15, 0.2) is 0 Å². The average Bonchev–Trinajstić information content (AvgIpc) is 2.77. The van der Waals surface area contributed by atoms with Crippen molar-refractivity contribution in [2.45, 2.75) is 12.7 Å². The minimum absolute atomic E-state index is 0.0441. The highest BCUT2D eigenvalue weighted by Crippen LogP contribution is 2.33. The zero-order valence-corrected chi connectivity index (χ0v) is 12.6. The minimum Gasteiger partial charge on any atom is -0.478 e. The van der Waals surface area contributed by atoms with Gasteiger partial charge in [0.05, 0.1) is 11.1 Å². The normalized spacial score (nSPS) is 11.7. The van der Waals surface area contributed by atoms with Crippen molar-refractivity contribution in [1.29, 1.82) is 0 Å². The summed E-state index contributed by atoms with van der Waals surface area (Å²) in [6.45, 7) is 0.0441. The summed E-state index contributed by atoms with van der Waals surface area (Å²) in [5.41, 5.74) is -1.38. The van der Waals surface area contributed by atoms with Crippen molar-refractivity contribution in [3.8, 4) is 0 Å². The Balaban J connectivity index is 2.39. The van der Waals surface area contributed by atoms with Crippen molar-refractivity contribution in [3.05, 3.63) is 56.8 Å². The fraction of sp³-hybridized carbons (Fsp3) is 0.154. The number of alkyl halides is 3. The lowest BCUT2D eigenvalue weighted by Crippen LogP contribution is -2.09. The molecule has 0 radical (unpaired) electrons. The van der Waals surface area contributed by atoms with E-state index in [1.165, 1.54) is 0 Å². The maximum absolute atomic E-state index is 12.8. The molecule has 1 aromatic heterocycles. The monoisotopic (exact) mass is 381 g/mol. The molecule has 3 nitrogen and oxygen atoms in total. The van der Waals surface area contributed by atoms with Crippen molar-refractivity contribution in [2.24, 2.45) is 0 Å². The van der Waals surface area contributed by atoms with E-state index in [-0.39, 0.29) is 6.54 Å². The van der Waals surface area contributed by atoms with Crippen LogP contribution in [-0.2, 0) is 12.7 Å². The van der Waals surface area contributed by atoms with Crippen molar-refractivity contribution < 1.29 is 23.1 Å². The predicted molar refractivity (Wildman–Crippen MR) is 74.6 cm³/mol. The molecule has 0 aliphatic carbocycles. The quantitative estimate of drug-likeness (QED) is 0.838. The Kier molecular flexibility index (Phi) is 4.34. The molecule has 0 amide bonds. The second-order valence-electron chi connectivity index (χ2n) is 4.30. The number of aromatic carboxylic acids is 1. The van der Waals surface area contributed by atoms with Gasteiger partial charge in [0.25, 0.3) is 0 Å². The molecule has 0 unspecified atom stereocenters. The minimum atomic E-state index is -4.72. The number of carboxylic acids is 1. The molecule has 1 heterocycles. The summed E-state index contributed by atoms with van der Waals surface area (Å²) < 4.78 is 40.2. The number of benzene rings is 1. The first-order valence-electron chi connectivity index (χ1n) is 5.62. The third-order valence-electron chi connectivity index (χ3n) is 2.78. The Morgan fingerprint density at radius 2 is 2.00 bits per heavy atom. The van der Waals surface area contributed by atoms with Crippen LogP contribution < -0.4 is 0 Å². The molecule has 112 valence electrons. The molecular formula is C13H8BrClF3NO2. The fourth-order valence-corrected chi connectivity index (χ4v) is 2.58. The van der Waals surface area contributed by atoms with Crippen LogP contribution in [0.25, 0.3) is 0 Å². The van der Waals surface area contributed by atoms with E-state index in [1.54, 1.807) is 18.2 Å². The van der Waals surface area contributed by atoms with Crippen LogP contribution in [0.4, 0.5) is 13.2 Å². The first-order chi connectivity index (χ1) is 9.68. The maximum Gasteiger partial charge on any atom is 0.418 e. The van der Waals surface area contributed by atoms with Crippen molar-refractivity contribution in [2.75, 3.05) is 0 Å². The molecule has 0 bridgehead atoms. The number of rotatable bonds is 3. The van der Waals surface area contributed by atoms with Gasteiger partial charge in [-0.3, -0.25) is 0 Å². The molecule has 0 saturated carbocycles. The zero-order chi connectivity index (χ0) is 15.8. The molecule has 0 fully saturated rings. The van der Waals surface area contributed by atoms with Crippen LogP contribution in [0.3, 0.4) is 0 Å². The van der Waals surface area contributed by atoms with Gasteiger partial charge in [-0.1, -0.05) is 33.6 Å². The Hall–Kier alpha value is -1.47. The summed E-state index contributed by atoms with van der Waals surface area (Å²) in [4.78, 5) is 10.9. The maximum atomic E-state index is 12.8. The Labute approximate surface area is 131 Å². The van der Waals surface area contributed by atoms with E-state index in [0.29, 0.717) is 10.6 Å². The van der Waals surface area contributed by atoms with E-state index in [1.807, 2.05) is 0 Å². The van der Waals surface area contributed by atoms with Crippen LogP contribution in [0.1, 0.15) is 21.5 Å². The largest absolute Gasteiger partial charge is 0.478 e. The van der Waals surface area contributed by atoms with Gasteiger partial charge < -0.3 is 9.67 Å². The van der Waals surface area contributed by atoms with E-state index < -0.39 is 23.3 Å². The highest BCUT2D eigenvalue weighted by molar-refractivity contribution is 9.10. The van der Waals surface area contributed by atoms with Gasteiger partial charge in [-0.2, -0.15) is 13.2 Å². The first kappa shape index (κ1) is 15.9. The van der Waals surface area contributed by atoms with E-state index in [4.69, 9.17) is 16.7 Å². The van der Waals surface area contributed by atoms with Gasteiger partial charge in [0, 0.05) is 28.4 Å². The van der Waals surface area contributed by atoms with Crippen LogP contribution in [0, 0.1) is 0 Å². The lowest BCUT2D eigenvalue weighted by molar-refractivity contribution is -0.138. The zero-order valence-electron chi connectivity index (χ0n) is 10.3. The molecule has 21 heavy (non-hydrogen) atoms. The average molecular weight is 383 g/mol. The SMILES string of the molecule is O=C(O)c1cn(Cc2ccc(Br)cc2Cl)cc1C(F)(F)F. The van der Waals surface area contributed by atoms with Gasteiger partial charge in [-0.25, -0.2) is 4.79 Å². The number of aromatic nitrogens is 1. The molecule has 1 aromatic carbocycles. The number of carbonyl (C=O) groups is 1. The molecule has 8 heteroatoms. The highest BCUT2D eigenvalue weighted by Gasteiger charge is 2.37. The Morgan fingerprint density at radius 3 is 2.48 bits per heavy atom. The summed E-state index contributed by atoms with van der Waals surface area (Å²) in [5, 5.41) is 9.23. The fourth-order valence-electron chi connectivity index (χ4n) is 1.84. The second kappa shape index (κ2) is 5.73. The molecule has 0 atom stereocenters. The first-order valence-corrected chi connectivity index (χ1v) is 6.80. The second-order valence-corrected chi connectivity index (χ2v) is 5.62. The highest BCUT2D eigenvalue weighted by atomic mass is 79.9. The molecule has 2 aromatic rings.